The molecule has 0 amide bonds. The molecule has 0 spiro atoms. The molecule has 2 aromatic carbocycles. The van der Waals surface area contributed by atoms with E-state index in [4.69, 9.17) is 5.73 Å². The van der Waals surface area contributed by atoms with Gasteiger partial charge in [0, 0.05) is 21.3 Å². The van der Waals surface area contributed by atoms with Gasteiger partial charge in [-0.1, -0.05) is 28.1 Å². The number of nitrogens with zero attached hydrogens (tertiary/aromatic N) is 3. The predicted octanol–water partition coefficient (Wildman–Crippen LogP) is 3.48. The Morgan fingerprint density at radius 3 is 2.86 bits per heavy atom. The second-order valence-corrected chi connectivity index (χ2v) is 5.54. The summed E-state index contributed by atoms with van der Waals surface area (Å²) in [5.41, 5.74) is 7.79. The van der Waals surface area contributed by atoms with Crippen molar-refractivity contribution < 1.29 is 4.39 Å². The highest BCUT2D eigenvalue weighted by molar-refractivity contribution is 9.10. The van der Waals surface area contributed by atoms with Crippen molar-refractivity contribution in [1.29, 1.82) is 0 Å². The van der Waals surface area contributed by atoms with Crippen LogP contribution < -0.4 is 5.73 Å². The first-order valence-corrected chi connectivity index (χ1v) is 7.10. The molecule has 0 bridgehead atoms. The molecular formula is C15H12BrFN4. The third-order valence-electron chi connectivity index (χ3n) is 3.02. The molecule has 0 radical (unpaired) electrons. The number of aromatic nitrogens is 3. The number of nitrogen functional groups attached to an aromatic ring is 1. The summed E-state index contributed by atoms with van der Waals surface area (Å²) in [5, 5.41) is 4.36. The molecule has 0 saturated carbocycles. The van der Waals surface area contributed by atoms with E-state index in [9.17, 15) is 4.39 Å². The Kier molecular flexibility index (Phi) is 3.70. The van der Waals surface area contributed by atoms with Crippen molar-refractivity contribution in [3.63, 3.8) is 0 Å². The number of rotatable bonds is 3. The van der Waals surface area contributed by atoms with Gasteiger partial charge in [0.2, 0.25) is 0 Å². The van der Waals surface area contributed by atoms with Crippen LogP contribution in [-0.4, -0.2) is 14.8 Å². The quantitative estimate of drug-likeness (QED) is 0.738. The Labute approximate surface area is 129 Å². The number of benzene rings is 2. The Morgan fingerprint density at radius 1 is 1.19 bits per heavy atom. The van der Waals surface area contributed by atoms with Gasteiger partial charge < -0.3 is 5.73 Å². The average Bonchev–Trinajstić information content (AvgIpc) is 2.91. The van der Waals surface area contributed by atoms with Crippen LogP contribution in [-0.2, 0) is 6.54 Å². The zero-order valence-electron chi connectivity index (χ0n) is 11.0. The predicted molar refractivity (Wildman–Crippen MR) is 83.1 cm³/mol. The van der Waals surface area contributed by atoms with E-state index in [1.807, 2.05) is 12.1 Å². The molecule has 0 aliphatic rings. The van der Waals surface area contributed by atoms with Gasteiger partial charge in [-0.2, -0.15) is 5.10 Å². The summed E-state index contributed by atoms with van der Waals surface area (Å²) in [5.74, 6) is 0.303. The lowest BCUT2D eigenvalue weighted by Gasteiger charge is -2.03. The molecule has 1 heterocycles. The maximum atomic E-state index is 13.7. The first-order valence-electron chi connectivity index (χ1n) is 6.31. The van der Waals surface area contributed by atoms with Crippen LogP contribution in [0.3, 0.4) is 0 Å². The molecule has 0 fully saturated rings. The topological polar surface area (TPSA) is 56.7 Å². The molecule has 0 aliphatic heterocycles. The lowest BCUT2D eigenvalue weighted by atomic mass is 10.2. The minimum absolute atomic E-state index is 0.265. The fraction of sp³-hybridized carbons (Fsp3) is 0.0667. The van der Waals surface area contributed by atoms with Gasteiger partial charge >= 0.3 is 0 Å². The minimum atomic E-state index is -0.265. The molecule has 0 aliphatic carbocycles. The Hall–Kier alpha value is -2.21. The summed E-state index contributed by atoms with van der Waals surface area (Å²) in [6, 6.07) is 12.2. The van der Waals surface area contributed by atoms with Crippen molar-refractivity contribution in [3.05, 3.63) is 64.6 Å². The maximum absolute atomic E-state index is 13.7. The molecule has 1 aromatic heterocycles. The molecule has 3 aromatic rings. The van der Waals surface area contributed by atoms with Crippen LogP contribution in [0.5, 0.6) is 0 Å². The highest BCUT2D eigenvalue weighted by Crippen LogP contribution is 2.19. The lowest BCUT2D eigenvalue weighted by Crippen LogP contribution is -2.02. The van der Waals surface area contributed by atoms with Crippen LogP contribution in [0.2, 0.25) is 0 Å². The van der Waals surface area contributed by atoms with Gasteiger partial charge in [-0.25, -0.2) is 14.1 Å². The van der Waals surface area contributed by atoms with Gasteiger partial charge in [0.15, 0.2) is 5.82 Å². The largest absolute Gasteiger partial charge is 0.399 e. The number of halogens is 2. The Morgan fingerprint density at radius 2 is 2.05 bits per heavy atom. The highest BCUT2D eigenvalue weighted by Gasteiger charge is 2.08. The van der Waals surface area contributed by atoms with Crippen LogP contribution in [0.1, 0.15) is 5.56 Å². The van der Waals surface area contributed by atoms with E-state index in [-0.39, 0.29) is 5.82 Å². The maximum Gasteiger partial charge on any atom is 0.181 e. The van der Waals surface area contributed by atoms with Crippen molar-refractivity contribution in [3.8, 4) is 11.4 Å². The summed E-state index contributed by atoms with van der Waals surface area (Å²) in [4.78, 5) is 4.24. The SMILES string of the molecule is Nc1cccc(-c2ncn(Cc3cc(Br)ccc3F)n2)c1. The van der Waals surface area contributed by atoms with E-state index in [2.05, 4.69) is 26.0 Å². The van der Waals surface area contributed by atoms with Crippen molar-refractivity contribution in [1.82, 2.24) is 14.8 Å². The standard InChI is InChI=1S/C15H12BrFN4/c16-12-4-5-14(17)11(6-12)8-21-9-19-15(20-21)10-2-1-3-13(18)7-10/h1-7,9H,8,18H2. The van der Waals surface area contributed by atoms with Crippen molar-refractivity contribution in [2.45, 2.75) is 6.54 Å². The third-order valence-corrected chi connectivity index (χ3v) is 3.51. The molecule has 0 atom stereocenters. The molecule has 3 rings (SSSR count). The Bertz CT molecular complexity index is 785. The fourth-order valence-electron chi connectivity index (χ4n) is 2.02. The lowest BCUT2D eigenvalue weighted by molar-refractivity contribution is 0.584. The van der Waals surface area contributed by atoms with E-state index in [0.717, 1.165) is 10.0 Å². The van der Waals surface area contributed by atoms with E-state index in [0.29, 0.717) is 23.6 Å². The molecule has 0 unspecified atom stereocenters. The molecule has 106 valence electrons. The third kappa shape index (κ3) is 3.11. The van der Waals surface area contributed by atoms with Crippen LogP contribution in [0, 0.1) is 5.82 Å². The van der Waals surface area contributed by atoms with E-state index in [1.165, 1.54) is 6.07 Å². The minimum Gasteiger partial charge on any atom is -0.399 e. The van der Waals surface area contributed by atoms with E-state index < -0.39 is 0 Å². The number of hydrogen-bond donors (Lipinski definition) is 1. The van der Waals surface area contributed by atoms with Gasteiger partial charge in [-0.05, 0) is 30.3 Å². The zero-order chi connectivity index (χ0) is 14.8. The van der Waals surface area contributed by atoms with Crippen molar-refractivity contribution in [2.75, 3.05) is 5.73 Å². The molecular weight excluding hydrogens is 335 g/mol. The van der Waals surface area contributed by atoms with Crippen molar-refractivity contribution in [2.24, 2.45) is 0 Å². The van der Waals surface area contributed by atoms with Crippen LogP contribution >= 0.6 is 15.9 Å². The second-order valence-electron chi connectivity index (χ2n) is 4.63. The van der Waals surface area contributed by atoms with Gasteiger partial charge in [-0.15, -0.1) is 0 Å². The zero-order valence-corrected chi connectivity index (χ0v) is 12.6. The number of hydrogen-bond acceptors (Lipinski definition) is 3. The van der Waals surface area contributed by atoms with Crippen LogP contribution in [0.15, 0.2) is 53.3 Å². The van der Waals surface area contributed by atoms with Gasteiger partial charge in [0.25, 0.3) is 0 Å². The van der Waals surface area contributed by atoms with Crippen LogP contribution in [0.25, 0.3) is 11.4 Å². The summed E-state index contributed by atoms with van der Waals surface area (Å²) in [7, 11) is 0. The first-order chi connectivity index (χ1) is 10.1. The average molecular weight is 347 g/mol. The second kappa shape index (κ2) is 5.65. The van der Waals surface area contributed by atoms with Gasteiger partial charge in [0.1, 0.15) is 12.1 Å². The number of anilines is 1. The molecule has 4 nitrogen and oxygen atoms in total. The Balaban J connectivity index is 1.87. The van der Waals surface area contributed by atoms with E-state index in [1.54, 1.807) is 35.3 Å². The summed E-state index contributed by atoms with van der Waals surface area (Å²) in [6.45, 7) is 0.320. The molecule has 0 saturated heterocycles. The first kappa shape index (κ1) is 13.8. The molecule has 2 N–H and O–H groups in total. The summed E-state index contributed by atoms with van der Waals surface area (Å²) < 4.78 is 16.2. The molecule has 6 heteroatoms. The van der Waals surface area contributed by atoms with Gasteiger partial charge in [0.05, 0.1) is 6.54 Å². The fourth-order valence-corrected chi connectivity index (χ4v) is 2.43. The summed E-state index contributed by atoms with van der Waals surface area (Å²) in [6.07, 6.45) is 1.58. The highest BCUT2D eigenvalue weighted by atomic mass is 79.9. The summed E-state index contributed by atoms with van der Waals surface area (Å²) >= 11 is 3.33. The molecule has 21 heavy (non-hydrogen) atoms. The smallest absolute Gasteiger partial charge is 0.181 e. The van der Waals surface area contributed by atoms with E-state index >= 15 is 0 Å². The van der Waals surface area contributed by atoms with Crippen molar-refractivity contribution >= 4 is 21.6 Å². The van der Waals surface area contributed by atoms with Crippen LogP contribution in [0.4, 0.5) is 10.1 Å². The number of nitrogens with two attached hydrogens (primary N) is 1. The normalized spacial score (nSPS) is 10.8. The monoisotopic (exact) mass is 346 g/mol. The van der Waals surface area contributed by atoms with Gasteiger partial charge in [-0.3, -0.25) is 0 Å².